The van der Waals surface area contributed by atoms with Gasteiger partial charge in [-0.15, -0.1) is 0 Å². The van der Waals surface area contributed by atoms with E-state index in [0.29, 0.717) is 11.4 Å². The Morgan fingerprint density at radius 3 is 2.50 bits per heavy atom. The predicted octanol–water partition coefficient (Wildman–Crippen LogP) is 3.19. The van der Waals surface area contributed by atoms with Crippen molar-refractivity contribution in [3.8, 4) is 0 Å². The van der Waals surface area contributed by atoms with Crippen molar-refractivity contribution in [3.05, 3.63) is 59.2 Å². The van der Waals surface area contributed by atoms with E-state index in [9.17, 15) is 4.21 Å². The first-order valence-electron chi connectivity index (χ1n) is 5.86. The fourth-order valence-corrected chi connectivity index (χ4v) is 3.16. The van der Waals surface area contributed by atoms with Gasteiger partial charge in [0, 0.05) is 5.69 Å². The Hall–Kier alpha value is -1.61. The molecule has 0 spiro atoms. The van der Waals surface area contributed by atoms with Gasteiger partial charge in [0.15, 0.2) is 0 Å². The minimum Gasteiger partial charge on any atom is -0.398 e. The summed E-state index contributed by atoms with van der Waals surface area (Å²) < 4.78 is 12.3. The highest BCUT2D eigenvalue weighted by Crippen LogP contribution is 2.20. The molecule has 0 fully saturated rings. The summed E-state index contributed by atoms with van der Waals surface area (Å²) >= 11 is 0. The van der Waals surface area contributed by atoms with Crippen LogP contribution in [0.5, 0.6) is 0 Å². The first-order chi connectivity index (χ1) is 8.56. The molecule has 0 saturated heterocycles. The molecule has 1 unspecified atom stereocenters. The molecule has 0 amide bonds. The average Bonchev–Trinajstić information content (AvgIpc) is 2.32. The summed E-state index contributed by atoms with van der Waals surface area (Å²) in [6.07, 6.45) is 0. The molecule has 2 nitrogen and oxygen atoms in total. The van der Waals surface area contributed by atoms with Crippen molar-refractivity contribution >= 4 is 16.5 Å². The minimum atomic E-state index is -1.09. The molecule has 2 N–H and O–H groups in total. The van der Waals surface area contributed by atoms with E-state index in [2.05, 4.69) is 6.07 Å². The Morgan fingerprint density at radius 1 is 1.06 bits per heavy atom. The second kappa shape index (κ2) is 5.36. The molecule has 0 aliphatic rings. The number of anilines is 1. The third-order valence-electron chi connectivity index (χ3n) is 2.79. The average molecular weight is 259 g/mol. The van der Waals surface area contributed by atoms with Crippen LogP contribution >= 0.6 is 0 Å². The fraction of sp³-hybridized carbons (Fsp3) is 0.200. The van der Waals surface area contributed by atoms with E-state index in [4.69, 9.17) is 5.73 Å². The lowest BCUT2D eigenvalue weighted by Gasteiger charge is -2.07. The van der Waals surface area contributed by atoms with Gasteiger partial charge in [0.25, 0.3) is 0 Å². The molecule has 2 aromatic rings. The molecule has 0 aliphatic carbocycles. The Kier molecular flexibility index (Phi) is 3.82. The lowest BCUT2D eigenvalue weighted by Crippen LogP contribution is -2.01. The Balaban J connectivity index is 2.24. The summed E-state index contributed by atoms with van der Waals surface area (Å²) in [5.74, 6) is 0.509. The molecular formula is C15H17NOS. The van der Waals surface area contributed by atoms with Crippen molar-refractivity contribution in [1.29, 1.82) is 0 Å². The predicted molar refractivity (Wildman–Crippen MR) is 76.9 cm³/mol. The van der Waals surface area contributed by atoms with E-state index in [1.165, 1.54) is 5.56 Å². The van der Waals surface area contributed by atoms with Crippen molar-refractivity contribution in [2.45, 2.75) is 24.5 Å². The topological polar surface area (TPSA) is 43.1 Å². The van der Waals surface area contributed by atoms with Gasteiger partial charge in [0.1, 0.15) is 0 Å². The molecule has 0 bridgehead atoms. The summed E-state index contributed by atoms with van der Waals surface area (Å²) in [6, 6.07) is 13.7. The maximum atomic E-state index is 12.3. The van der Waals surface area contributed by atoms with E-state index in [1.54, 1.807) is 0 Å². The Morgan fingerprint density at radius 2 is 1.78 bits per heavy atom. The maximum Gasteiger partial charge on any atom is 0.0623 e. The van der Waals surface area contributed by atoms with Crippen LogP contribution in [0.4, 0.5) is 5.69 Å². The van der Waals surface area contributed by atoms with Crippen LogP contribution in [0.3, 0.4) is 0 Å². The zero-order valence-electron chi connectivity index (χ0n) is 10.6. The van der Waals surface area contributed by atoms with Crippen LogP contribution in [0.2, 0.25) is 0 Å². The van der Waals surface area contributed by atoms with Crippen LogP contribution in [0.15, 0.2) is 47.4 Å². The van der Waals surface area contributed by atoms with Crippen LogP contribution in [0, 0.1) is 13.8 Å². The monoisotopic (exact) mass is 259 g/mol. The number of rotatable bonds is 3. The van der Waals surface area contributed by atoms with Gasteiger partial charge in [-0.3, -0.25) is 4.21 Å². The first kappa shape index (κ1) is 12.8. The van der Waals surface area contributed by atoms with Gasteiger partial charge in [-0.2, -0.15) is 0 Å². The van der Waals surface area contributed by atoms with Crippen molar-refractivity contribution < 1.29 is 4.21 Å². The molecule has 0 aromatic heterocycles. The van der Waals surface area contributed by atoms with Crippen molar-refractivity contribution in [2.24, 2.45) is 0 Å². The third-order valence-corrected chi connectivity index (χ3v) is 4.23. The molecule has 0 radical (unpaired) electrons. The maximum absolute atomic E-state index is 12.3. The zero-order valence-corrected chi connectivity index (χ0v) is 11.5. The fourth-order valence-electron chi connectivity index (χ4n) is 1.87. The van der Waals surface area contributed by atoms with Crippen LogP contribution in [0.1, 0.15) is 16.7 Å². The number of aryl methyl sites for hydroxylation is 2. The number of nitrogen functional groups attached to an aromatic ring is 1. The summed E-state index contributed by atoms with van der Waals surface area (Å²) in [6.45, 7) is 4.01. The molecule has 2 aromatic carbocycles. The molecule has 0 heterocycles. The van der Waals surface area contributed by atoms with E-state index < -0.39 is 10.8 Å². The molecule has 18 heavy (non-hydrogen) atoms. The van der Waals surface area contributed by atoms with Crippen LogP contribution in [-0.2, 0) is 16.6 Å². The van der Waals surface area contributed by atoms with Gasteiger partial charge >= 0.3 is 0 Å². The second-order valence-electron chi connectivity index (χ2n) is 4.52. The minimum absolute atomic E-state index is 0.509. The largest absolute Gasteiger partial charge is 0.398 e. The van der Waals surface area contributed by atoms with Gasteiger partial charge in [-0.05, 0) is 37.1 Å². The quantitative estimate of drug-likeness (QED) is 0.860. The van der Waals surface area contributed by atoms with Gasteiger partial charge < -0.3 is 5.73 Å². The summed E-state index contributed by atoms with van der Waals surface area (Å²) in [5.41, 5.74) is 9.82. The Labute approximate surface area is 110 Å². The summed E-state index contributed by atoms with van der Waals surface area (Å²) in [7, 11) is -1.09. The van der Waals surface area contributed by atoms with Crippen molar-refractivity contribution in [1.82, 2.24) is 0 Å². The van der Waals surface area contributed by atoms with Gasteiger partial charge in [0.2, 0.25) is 0 Å². The van der Waals surface area contributed by atoms with Gasteiger partial charge in [-0.1, -0.05) is 35.9 Å². The van der Waals surface area contributed by atoms with E-state index >= 15 is 0 Å². The highest BCUT2D eigenvalue weighted by molar-refractivity contribution is 7.84. The molecule has 94 valence electrons. The Bertz CT molecular complexity index is 593. The third kappa shape index (κ3) is 2.99. The lowest BCUT2D eigenvalue weighted by atomic mass is 10.2. The lowest BCUT2D eigenvalue weighted by molar-refractivity contribution is 0.683. The van der Waals surface area contributed by atoms with Gasteiger partial charge in [-0.25, -0.2) is 0 Å². The van der Waals surface area contributed by atoms with E-state index in [1.807, 2.05) is 50.2 Å². The number of hydrogen-bond acceptors (Lipinski definition) is 2. The van der Waals surface area contributed by atoms with Gasteiger partial charge in [0.05, 0.1) is 21.4 Å². The van der Waals surface area contributed by atoms with Crippen LogP contribution in [0.25, 0.3) is 0 Å². The van der Waals surface area contributed by atoms with Crippen molar-refractivity contribution in [2.75, 3.05) is 5.73 Å². The molecule has 0 aliphatic heterocycles. The van der Waals surface area contributed by atoms with Crippen molar-refractivity contribution in [3.63, 3.8) is 0 Å². The standard InChI is InChI=1S/C15H17NOS/c1-11-4-3-5-13(8-11)10-18(17)15-9-12(2)6-7-14(15)16/h3-9H,10,16H2,1-2H3. The molecule has 0 saturated carbocycles. The van der Waals surface area contributed by atoms with E-state index in [-0.39, 0.29) is 0 Å². The zero-order chi connectivity index (χ0) is 13.1. The summed E-state index contributed by atoms with van der Waals surface area (Å²) in [4.78, 5) is 0.733. The number of nitrogens with two attached hydrogens (primary N) is 1. The highest BCUT2D eigenvalue weighted by atomic mass is 32.2. The smallest absolute Gasteiger partial charge is 0.0623 e. The second-order valence-corrected chi connectivity index (χ2v) is 5.94. The number of benzene rings is 2. The van der Waals surface area contributed by atoms with E-state index in [0.717, 1.165) is 16.0 Å². The number of hydrogen-bond donors (Lipinski definition) is 1. The normalized spacial score (nSPS) is 12.3. The SMILES string of the molecule is Cc1cccc(CS(=O)c2cc(C)ccc2N)c1. The summed E-state index contributed by atoms with van der Waals surface area (Å²) in [5, 5.41) is 0. The first-order valence-corrected chi connectivity index (χ1v) is 7.18. The molecular weight excluding hydrogens is 242 g/mol. The molecule has 2 rings (SSSR count). The van der Waals surface area contributed by atoms with Crippen LogP contribution in [-0.4, -0.2) is 4.21 Å². The molecule has 3 heteroatoms. The van der Waals surface area contributed by atoms with Crippen LogP contribution < -0.4 is 5.73 Å². The highest BCUT2D eigenvalue weighted by Gasteiger charge is 2.09. The molecule has 1 atom stereocenters.